The lowest BCUT2D eigenvalue weighted by Gasteiger charge is -2.32. The monoisotopic (exact) mass is 224 g/mol. The zero-order chi connectivity index (χ0) is 12.2. The van der Waals surface area contributed by atoms with Crippen LogP contribution in [0.3, 0.4) is 0 Å². The van der Waals surface area contributed by atoms with Crippen LogP contribution >= 0.6 is 0 Å². The number of hydrogen-bond donors (Lipinski definition) is 1. The molecule has 0 saturated carbocycles. The molecule has 0 aromatic rings. The Kier molecular flexibility index (Phi) is 5.00. The number of rotatable bonds is 4. The lowest BCUT2D eigenvalue weighted by Crippen LogP contribution is -2.32. The normalized spacial score (nSPS) is 20.7. The minimum absolute atomic E-state index is 0.352. The van der Waals surface area contributed by atoms with Crippen molar-refractivity contribution in [2.45, 2.75) is 53.0 Å². The van der Waals surface area contributed by atoms with Crippen LogP contribution in [0.4, 0.5) is 0 Å². The van der Waals surface area contributed by atoms with Gasteiger partial charge in [-0.3, -0.25) is 4.90 Å². The molecule has 0 spiro atoms. The Morgan fingerprint density at radius 1 is 1.44 bits per heavy atom. The fourth-order valence-electron chi connectivity index (χ4n) is 2.23. The first-order valence-corrected chi connectivity index (χ1v) is 6.57. The smallest absolute Gasteiger partial charge is 0.0166 e. The van der Waals surface area contributed by atoms with Crippen LogP contribution in [-0.4, -0.2) is 30.6 Å². The predicted octanol–water partition coefficient (Wildman–Crippen LogP) is 2.79. The van der Waals surface area contributed by atoms with Crippen molar-refractivity contribution in [2.75, 3.05) is 19.6 Å². The quantitative estimate of drug-likeness (QED) is 0.744. The number of nitrogens with two attached hydrogens (primary N) is 1. The molecule has 2 heteroatoms. The van der Waals surface area contributed by atoms with Gasteiger partial charge in [0.15, 0.2) is 0 Å². The molecule has 2 N–H and O–H groups in total. The van der Waals surface area contributed by atoms with Crippen molar-refractivity contribution >= 4 is 0 Å². The van der Waals surface area contributed by atoms with Crippen molar-refractivity contribution in [2.24, 2.45) is 11.1 Å². The topological polar surface area (TPSA) is 29.3 Å². The molecule has 16 heavy (non-hydrogen) atoms. The number of hydrogen-bond acceptors (Lipinski definition) is 2. The fourth-order valence-corrected chi connectivity index (χ4v) is 2.23. The highest BCUT2D eigenvalue weighted by molar-refractivity contribution is 5.14. The van der Waals surface area contributed by atoms with Crippen LogP contribution in [0.25, 0.3) is 0 Å². The highest BCUT2D eigenvalue weighted by Gasteiger charge is 2.20. The summed E-state index contributed by atoms with van der Waals surface area (Å²) in [6, 6.07) is 0.352. The standard InChI is InChI=1S/C14H28N2/c1-12(15)6-5-9-16-10-7-13(8-11-16)14(2,3)4/h7,12H,5-6,8-11,15H2,1-4H3. The van der Waals surface area contributed by atoms with E-state index in [1.54, 1.807) is 5.57 Å². The molecule has 0 aromatic heterocycles. The highest BCUT2D eigenvalue weighted by Crippen LogP contribution is 2.29. The van der Waals surface area contributed by atoms with E-state index in [-0.39, 0.29) is 0 Å². The maximum Gasteiger partial charge on any atom is 0.0166 e. The molecule has 0 radical (unpaired) electrons. The summed E-state index contributed by atoms with van der Waals surface area (Å²) in [6.07, 6.45) is 6.04. The van der Waals surface area contributed by atoms with Crippen molar-refractivity contribution < 1.29 is 0 Å². The van der Waals surface area contributed by atoms with E-state index >= 15 is 0 Å². The molecule has 1 rings (SSSR count). The van der Waals surface area contributed by atoms with Crippen LogP contribution in [0.15, 0.2) is 11.6 Å². The summed E-state index contributed by atoms with van der Waals surface area (Å²) in [5.74, 6) is 0. The van der Waals surface area contributed by atoms with Gasteiger partial charge in [-0.15, -0.1) is 0 Å². The molecule has 0 saturated heterocycles. The van der Waals surface area contributed by atoms with Gasteiger partial charge in [-0.2, -0.15) is 0 Å². The van der Waals surface area contributed by atoms with Gasteiger partial charge in [0.25, 0.3) is 0 Å². The van der Waals surface area contributed by atoms with Crippen molar-refractivity contribution in [3.8, 4) is 0 Å². The van der Waals surface area contributed by atoms with Gasteiger partial charge in [-0.05, 0) is 38.1 Å². The zero-order valence-electron chi connectivity index (χ0n) is 11.4. The van der Waals surface area contributed by atoms with E-state index in [0.717, 1.165) is 13.0 Å². The molecule has 0 fully saturated rings. The maximum atomic E-state index is 5.76. The number of nitrogens with zero attached hydrogens (tertiary/aromatic N) is 1. The van der Waals surface area contributed by atoms with Crippen LogP contribution in [0.1, 0.15) is 47.0 Å². The third kappa shape index (κ3) is 4.67. The van der Waals surface area contributed by atoms with E-state index in [1.807, 2.05) is 0 Å². The summed E-state index contributed by atoms with van der Waals surface area (Å²) in [5.41, 5.74) is 7.74. The molecular weight excluding hydrogens is 196 g/mol. The Balaban J connectivity index is 2.29. The van der Waals surface area contributed by atoms with Crippen molar-refractivity contribution in [1.82, 2.24) is 4.90 Å². The third-order valence-electron chi connectivity index (χ3n) is 3.39. The third-order valence-corrected chi connectivity index (χ3v) is 3.39. The van der Waals surface area contributed by atoms with Gasteiger partial charge in [-0.1, -0.05) is 32.4 Å². The molecule has 0 bridgehead atoms. The van der Waals surface area contributed by atoms with Gasteiger partial charge in [0.2, 0.25) is 0 Å². The van der Waals surface area contributed by atoms with Gasteiger partial charge in [-0.25, -0.2) is 0 Å². The SMILES string of the molecule is CC(N)CCCN1CC=C(C(C)(C)C)CC1. The first-order valence-electron chi connectivity index (χ1n) is 6.57. The van der Waals surface area contributed by atoms with Crippen LogP contribution in [0, 0.1) is 5.41 Å². The minimum Gasteiger partial charge on any atom is -0.328 e. The molecule has 1 aliphatic rings. The van der Waals surface area contributed by atoms with E-state index in [9.17, 15) is 0 Å². The van der Waals surface area contributed by atoms with Crippen LogP contribution in [0.5, 0.6) is 0 Å². The van der Waals surface area contributed by atoms with Crippen molar-refractivity contribution in [3.63, 3.8) is 0 Å². The van der Waals surface area contributed by atoms with E-state index in [1.165, 1.54) is 25.9 Å². The van der Waals surface area contributed by atoms with Gasteiger partial charge < -0.3 is 5.73 Å². The van der Waals surface area contributed by atoms with E-state index in [0.29, 0.717) is 11.5 Å². The molecule has 1 aliphatic heterocycles. The summed E-state index contributed by atoms with van der Waals surface area (Å²) in [6.45, 7) is 12.6. The molecule has 2 nitrogen and oxygen atoms in total. The van der Waals surface area contributed by atoms with Gasteiger partial charge >= 0.3 is 0 Å². The van der Waals surface area contributed by atoms with Gasteiger partial charge in [0.1, 0.15) is 0 Å². The molecular formula is C14H28N2. The molecule has 0 aliphatic carbocycles. The Hall–Kier alpha value is -0.340. The summed E-state index contributed by atoms with van der Waals surface area (Å²) in [7, 11) is 0. The lowest BCUT2D eigenvalue weighted by atomic mass is 9.83. The molecule has 1 unspecified atom stereocenters. The second-order valence-corrected chi connectivity index (χ2v) is 6.15. The first-order chi connectivity index (χ1) is 7.39. The predicted molar refractivity (Wildman–Crippen MR) is 71.5 cm³/mol. The van der Waals surface area contributed by atoms with Crippen molar-refractivity contribution in [1.29, 1.82) is 0 Å². The first kappa shape index (κ1) is 13.7. The van der Waals surface area contributed by atoms with Crippen molar-refractivity contribution in [3.05, 3.63) is 11.6 Å². The van der Waals surface area contributed by atoms with Crippen LogP contribution in [0.2, 0.25) is 0 Å². The molecule has 1 atom stereocenters. The van der Waals surface area contributed by atoms with E-state index in [4.69, 9.17) is 5.73 Å². The zero-order valence-corrected chi connectivity index (χ0v) is 11.4. The Bertz CT molecular complexity index is 236. The Labute approximate surface area is 101 Å². The average Bonchev–Trinajstić information content (AvgIpc) is 2.16. The van der Waals surface area contributed by atoms with Crippen LogP contribution in [-0.2, 0) is 0 Å². The molecule has 0 aromatic carbocycles. The Morgan fingerprint density at radius 3 is 2.56 bits per heavy atom. The fraction of sp³-hybridized carbons (Fsp3) is 0.857. The summed E-state index contributed by atoms with van der Waals surface area (Å²) in [5, 5.41) is 0. The van der Waals surface area contributed by atoms with Gasteiger partial charge in [0, 0.05) is 19.1 Å². The second-order valence-electron chi connectivity index (χ2n) is 6.15. The largest absolute Gasteiger partial charge is 0.328 e. The molecule has 0 amide bonds. The summed E-state index contributed by atoms with van der Waals surface area (Å²) < 4.78 is 0. The Morgan fingerprint density at radius 2 is 2.12 bits per heavy atom. The minimum atomic E-state index is 0.352. The summed E-state index contributed by atoms with van der Waals surface area (Å²) in [4.78, 5) is 2.54. The maximum absolute atomic E-state index is 5.76. The van der Waals surface area contributed by atoms with E-state index in [2.05, 4.69) is 38.7 Å². The lowest BCUT2D eigenvalue weighted by molar-refractivity contribution is 0.271. The second kappa shape index (κ2) is 5.83. The van der Waals surface area contributed by atoms with Crippen LogP contribution < -0.4 is 5.73 Å². The highest BCUT2D eigenvalue weighted by atomic mass is 15.1. The molecule has 1 heterocycles. The molecule has 94 valence electrons. The average molecular weight is 224 g/mol. The van der Waals surface area contributed by atoms with Gasteiger partial charge in [0.05, 0.1) is 0 Å². The summed E-state index contributed by atoms with van der Waals surface area (Å²) >= 11 is 0. The van der Waals surface area contributed by atoms with E-state index < -0.39 is 0 Å².